The van der Waals surface area contributed by atoms with E-state index >= 15 is 0 Å². The molecule has 3 aromatic rings. The molecule has 0 bridgehead atoms. The van der Waals surface area contributed by atoms with E-state index in [0.29, 0.717) is 28.8 Å². The highest BCUT2D eigenvalue weighted by Crippen LogP contribution is 2.39. The largest absolute Gasteiger partial charge is 0.489 e. The number of benzene rings is 2. The van der Waals surface area contributed by atoms with E-state index in [2.05, 4.69) is 10.2 Å². The summed E-state index contributed by atoms with van der Waals surface area (Å²) >= 11 is 13.2. The Bertz CT molecular complexity index is 1090. The third kappa shape index (κ3) is 4.24. The molecule has 1 saturated heterocycles. The van der Waals surface area contributed by atoms with Gasteiger partial charge in [0.2, 0.25) is 5.91 Å². The molecule has 166 valence electrons. The van der Waals surface area contributed by atoms with Crippen molar-refractivity contribution in [2.24, 2.45) is 5.92 Å². The number of hydrogen-bond acceptors (Lipinski definition) is 3. The molecule has 2 aliphatic rings. The van der Waals surface area contributed by atoms with Gasteiger partial charge in [-0.25, -0.2) is 0 Å². The Balaban J connectivity index is 1.27. The van der Waals surface area contributed by atoms with E-state index in [-0.39, 0.29) is 17.9 Å². The van der Waals surface area contributed by atoms with Gasteiger partial charge in [-0.2, -0.15) is 5.10 Å². The minimum Gasteiger partial charge on any atom is -0.489 e. The summed E-state index contributed by atoms with van der Waals surface area (Å²) in [4.78, 5) is 15.3. The maximum atomic E-state index is 13.3. The minimum absolute atomic E-state index is 0.113. The second-order valence-electron chi connectivity index (χ2n) is 8.57. The maximum Gasteiger partial charge on any atom is 0.226 e. The Hall–Kier alpha value is -2.50. The van der Waals surface area contributed by atoms with Crippen LogP contribution >= 0.6 is 23.2 Å². The maximum absolute atomic E-state index is 13.3. The normalized spacial score (nSPS) is 20.4. The van der Waals surface area contributed by atoms with Gasteiger partial charge in [-0.3, -0.25) is 9.89 Å². The van der Waals surface area contributed by atoms with Gasteiger partial charge in [-0.1, -0.05) is 53.5 Å². The average Bonchev–Trinajstić information content (AvgIpc) is 3.42. The number of carbonyl (C=O) groups is 1. The molecule has 1 aliphatic carbocycles. The first-order valence-corrected chi connectivity index (χ1v) is 11.8. The molecule has 32 heavy (non-hydrogen) atoms. The van der Waals surface area contributed by atoms with Crippen LogP contribution in [0.4, 0.5) is 0 Å². The van der Waals surface area contributed by atoms with Crippen molar-refractivity contribution >= 4 is 29.1 Å². The summed E-state index contributed by atoms with van der Waals surface area (Å²) in [6, 6.07) is 13.6. The number of fused-ring (bicyclic) bond motifs is 1. The van der Waals surface area contributed by atoms with E-state index in [1.54, 1.807) is 12.1 Å². The van der Waals surface area contributed by atoms with Crippen molar-refractivity contribution < 1.29 is 9.53 Å². The van der Waals surface area contributed by atoms with Crippen LogP contribution in [0.15, 0.2) is 48.7 Å². The predicted octanol–water partition coefficient (Wildman–Crippen LogP) is 5.76. The number of aromatic nitrogens is 2. The molecule has 1 N–H and O–H groups in total. The zero-order valence-corrected chi connectivity index (χ0v) is 19.2. The fraction of sp³-hybridized carbons (Fsp3) is 0.360. The van der Waals surface area contributed by atoms with Gasteiger partial charge in [0.25, 0.3) is 0 Å². The summed E-state index contributed by atoms with van der Waals surface area (Å²) < 4.78 is 5.87. The highest BCUT2D eigenvalue weighted by molar-refractivity contribution is 6.36. The summed E-state index contributed by atoms with van der Waals surface area (Å²) in [6.45, 7) is 1.20. The van der Waals surface area contributed by atoms with Crippen LogP contribution in [0.2, 0.25) is 10.0 Å². The lowest BCUT2D eigenvalue weighted by Gasteiger charge is -2.31. The lowest BCUT2D eigenvalue weighted by molar-refractivity contribution is -0.133. The molecule has 7 heteroatoms. The Morgan fingerprint density at radius 1 is 1.12 bits per heavy atom. The van der Waals surface area contributed by atoms with E-state index < -0.39 is 0 Å². The first-order valence-electron chi connectivity index (χ1n) is 11.1. The summed E-state index contributed by atoms with van der Waals surface area (Å²) in [7, 11) is 0. The number of aryl methyl sites for hydroxylation is 1. The van der Waals surface area contributed by atoms with Crippen LogP contribution in [0.25, 0.3) is 0 Å². The number of nitrogens with zero attached hydrogens (tertiary/aromatic N) is 2. The molecule has 5 rings (SSSR count). The molecule has 2 atom stereocenters. The standard InChI is InChI=1S/C25H25Cl2N3O2/c26-21-12-18(32-15-16-5-2-1-3-6-16)13-22(27)19(21)11-17-9-10-30(25(17)31)24-8-4-7-23-20(24)14-28-29-23/h1-3,5-6,12-14,17,24H,4,7-11,15H2,(H,28,29). The van der Waals surface area contributed by atoms with Crippen molar-refractivity contribution in [1.29, 1.82) is 0 Å². The van der Waals surface area contributed by atoms with E-state index in [4.69, 9.17) is 27.9 Å². The number of H-pyrrole nitrogens is 1. The van der Waals surface area contributed by atoms with Gasteiger partial charge in [0.15, 0.2) is 0 Å². The van der Waals surface area contributed by atoms with E-state index in [0.717, 1.165) is 49.0 Å². The van der Waals surface area contributed by atoms with Gasteiger partial charge in [0.1, 0.15) is 12.4 Å². The van der Waals surface area contributed by atoms with Gasteiger partial charge >= 0.3 is 0 Å². The smallest absolute Gasteiger partial charge is 0.226 e. The Morgan fingerprint density at radius 2 is 1.91 bits per heavy atom. The van der Waals surface area contributed by atoms with Crippen LogP contribution in [-0.2, 0) is 24.2 Å². The van der Waals surface area contributed by atoms with Gasteiger partial charge in [-0.05, 0) is 55.4 Å². The third-order valence-corrected chi connectivity index (χ3v) is 7.23. The molecule has 0 saturated carbocycles. The molecule has 2 unspecified atom stereocenters. The topological polar surface area (TPSA) is 58.2 Å². The highest BCUT2D eigenvalue weighted by atomic mass is 35.5. The average molecular weight is 470 g/mol. The van der Waals surface area contributed by atoms with Crippen LogP contribution in [-0.4, -0.2) is 27.5 Å². The van der Waals surface area contributed by atoms with Crippen molar-refractivity contribution in [2.75, 3.05) is 6.54 Å². The second kappa shape index (κ2) is 9.16. The predicted molar refractivity (Wildman–Crippen MR) is 125 cm³/mol. The molecule has 1 amide bonds. The molecule has 1 aromatic heterocycles. The van der Waals surface area contributed by atoms with Crippen molar-refractivity contribution in [1.82, 2.24) is 15.1 Å². The number of likely N-dealkylation sites (tertiary alicyclic amines) is 1. The molecule has 0 spiro atoms. The zero-order chi connectivity index (χ0) is 22.1. The van der Waals surface area contributed by atoms with Gasteiger partial charge in [0, 0.05) is 33.8 Å². The number of aromatic amines is 1. The van der Waals surface area contributed by atoms with Crippen LogP contribution in [0.1, 0.15) is 47.7 Å². The summed E-state index contributed by atoms with van der Waals surface area (Å²) in [5.74, 6) is 0.695. The van der Waals surface area contributed by atoms with Crippen LogP contribution in [0.3, 0.4) is 0 Å². The molecular weight excluding hydrogens is 445 g/mol. The number of nitrogens with one attached hydrogen (secondary N) is 1. The monoisotopic (exact) mass is 469 g/mol. The summed E-state index contributed by atoms with van der Waals surface area (Å²) in [5.41, 5.74) is 4.22. The third-order valence-electron chi connectivity index (χ3n) is 6.56. The van der Waals surface area contributed by atoms with Crippen LogP contribution < -0.4 is 4.74 Å². The van der Waals surface area contributed by atoms with Crippen molar-refractivity contribution in [3.63, 3.8) is 0 Å². The fourth-order valence-electron chi connectivity index (χ4n) is 4.87. The number of amides is 1. The molecule has 2 heterocycles. The minimum atomic E-state index is -0.113. The van der Waals surface area contributed by atoms with Gasteiger partial charge < -0.3 is 9.64 Å². The first-order chi connectivity index (χ1) is 15.6. The van der Waals surface area contributed by atoms with Gasteiger partial charge in [0.05, 0.1) is 12.2 Å². The molecule has 5 nitrogen and oxygen atoms in total. The van der Waals surface area contributed by atoms with Crippen LogP contribution in [0.5, 0.6) is 5.75 Å². The lowest BCUT2D eigenvalue weighted by Crippen LogP contribution is -2.34. The summed E-state index contributed by atoms with van der Waals surface area (Å²) in [5, 5.41) is 8.36. The second-order valence-corrected chi connectivity index (χ2v) is 9.39. The van der Waals surface area contributed by atoms with Crippen LogP contribution in [0, 0.1) is 5.92 Å². The Morgan fingerprint density at radius 3 is 2.69 bits per heavy atom. The number of hydrogen-bond donors (Lipinski definition) is 1. The number of carbonyl (C=O) groups excluding carboxylic acids is 1. The van der Waals surface area contributed by atoms with Gasteiger partial charge in [-0.15, -0.1) is 0 Å². The number of halogens is 2. The first kappa shape index (κ1) is 21.4. The number of rotatable bonds is 6. The molecule has 2 aromatic carbocycles. The molecular formula is C25H25Cl2N3O2. The van der Waals surface area contributed by atoms with Crippen molar-refractivity contribution in [3.05, 3.63) is 81.1 Å². The Kier molecular flexibility index (Phi) is 6.11. The Labute approximate surface area is 197 Å². The SMILES string of the molecule is O=C1C(Cc2c(Cl)cc(OCc3ccccc3)cc2Cl)CCN1C1CCCc2[nH]ncc21. The van der Waals surface area contributed by atoms with Crippen molar-refractivity contribution in [2.45, 2.75) is 44.8 Å². The van der Waals surface area contributed by atoms with E-state index in [1.807, 2.05) is 41.4 Å². The highest BCUT2D eigenvalue weighted by Gasteiger charge is 2.39. The zero-order valence-electron chi connectivity index (χ0n) is 17.7. The quantitative estimate of drug-likeness (QED) is 0.498. The summed E-state index contributed by atoms with van der Waals surface area (Å²) in [6.07, 6.45) is 6.28. The molecule has 1 aliphatic heterocycles. The number of ether oxygens (including phenoxy) is 1. The fourth-order valence-corrected chi connectivity index (χ4v) is 5.49. The molecule has 0 radical (unpaired) electrons. The molecule has 1 fully saturated rings. The van der Waals surface area contributed by atoms with E-state index in [9.17, 15) is 4.79 Å². The lowest BCUT2D eigenvalue weighted by atomic mass is 9.92. The van der Waals surface area contributed by atoms with Crippen molar-refractivity contribution in [3.8, 4) is 5.75 Å². The van der Waals surface area contributed by atoms with E-state index in [1.165, 1.54) is 5.56 Å².